The Hall–Kier alpha value is -7.75. The summed E-state index contributed by atoms with van der Waals surface area (Å²) < 4.78 is 51.3. The largest absolute Gasteiger partial charge is 0.479 e. The number of pyridine rings is 2. The summed E-state index contributed by atoms with van der Waals surface area (Å²) in [7, 11) is 1.59. The number of esters is 1. The Morgan fingerprint density at radius 1 is 0.828 bits per heavy atom. The second-order valence-corrected chi connectivity index (χ2v) is 23.5. The second-order valence-electron chi connectivity index (χ2n) is 23.5. The van der Waals surface area contributed by atoms with E-state index in [0.717, 1.165) is 13.1 Å². The van der Waals surface area contributed by atoms with Gasteiger partial charge in [0.15, 0.2) is 11.7 Å². The first kappa shape index (κ1) is 71.1. The van der Waals surface area contributed by atoms with E-state index in [4.69, 9.17) is 47.6 Å². The molecule has 93 heavy (non-hydrogen) atoms. The third kappa shape index (κ3) is 16.8. The minimum atomic E-state index is -2.09. The molecule has 2 saturated heterocycles. The van der Waals surface area contributed by atoms with Gasteiger partial charge in [0, 0.05) is 42.3 Å². The number of amides is 5. The first-order chi connectivity index (χ1) is 44.5. The van der Waals surface area contributed by atoms with Crippen molar-refractivity contribution in [3.63, 3.8) is 0 Å². The summed E-state index contributed by atoms with van der Waals surface area (Å²) in [6, 6.07) is 9.38. The van der Waals surface area contributed by atoms with Gasteiger partial charge in [0.2, 0.25) is 29.9 Å². The quantitative estimate of drug-likeness (QED) is 0.0219. The molecule has 508 valence electrons. The predicted octanol–water partition coefficient (Wildman–Crippen LogP) is 0.780. The number of cyclic esters (lactones) is 1. The maximum atomic E-state index is 14.7. The van der Waals surface area contributed by atoms with Crippen molar-refractivity contribution in [2.45, 2.75) is 141 Å². The number of rotatable bonds is 31. The maximum absolute atomic E-state index is 14.7. The van der Waals surface area contributed by atoms with Gasteiger partial charge in [-0.2, -0.15) is 0 Å². The van der Waals surface area contributed by atoms with Crippen LogP contribution in [0, 0.1) is 5.92 Å². The van der Waals surface area contributed by atoms with E-state index in [1.54, 1.807) is 77.0 Å². The van der Waals surface area contributed by atoms with Gasteiger partial charge in [-0.25, -0.2) is 19.4 Å². The van der Waals surface area contributed by atoms with Gasteiger partial charge in [-0.05, 0) is 88.9 Å². The van der Waals surface area contributed by atoms with Gasteiger partial charge in [-0.1, -0.05) is 45.0 Å². The minimum Gasteiger partial charge on any atom is -0.479 e. The molecule has 4 aliphatic heterocycles. The highest BCUT2D eigenvalue weighted by Crippen LogP contribution is 2.44. The molecule has 4 aliphatic rings. The third-order valence-corrected chi connectivity index (χ3v) is 16.4. The summed E-state index contributed by atoms with van der Waals surface area (Å²) >= 11 is 0. The number of carbonyl (C=O) groups excluding carboxylic acids is 6. The molecule has 0 saturated carbocycles. The number of para-hydroxylation sites is 1. The van der Waals surface area contributed by atoms with Crippen LogP contribution >= 0.6 is 0 Å². The van der Waals surface area contributed by atoms with Crippen LogP contribution in [0.3, 0.4) is 0 Å². The SMILES string of the molecule is CC[C@@]1(O)C(=O)OCc2c1cc1n(c2=O)Cc2c-1nc1ccccc1c2N(C(=O)OCc1ccc(NC(=O)[C@H](C)NC(=O)[C@@H](NC(=O)COCC(=O)N(CCOCCOCCOCCOC)C2CCNCC2)C(C)C)c(O[C@@H]2O[C@H](C(=O)O)[C@@H](O)[C@H](O)[C@H]2O)c1)C(C)C. The van der Waals surface area contributed by atoms with Crippen LogP contribution in [-0.4, -0.2) is 223 Å². The molecular formula is C63H84N8O22. The normalized spacial score (nSPS) is 20.8. The number of nitrogens with zero attached hydrogens (tertiary/aromatic N) is 4. The Labute approximate surface area is 536 Å². The van der Waals surface area contributed by atoms with E-state index in [9.17, 15) is 63.9 Å². The highest BCUT2D eigenvalue weighted by Gasteiger charge is 2.49. The van der Waals surface area contributed by atoms with Crippen molar-refractivity contribution in [3.05, 3.63) is 81.1 Å². The highest BCUT2D eigenvalue weighted by molar-refractivity contribution is 6.05. The van der Waals surface area contributed by atoms with E-state index in [-0.39, 0.29) is 72.8 Å². The van der Waals surface area contributed by atoms with Crippen molar-refractivity contribution < 1.29 is 102 Å². The Kier molecular flexibility index (Phi) is 24.8. The van der Waals surface area contributed by atoms with Crippen LogP contribution in [-0.2, 0) is 92.0 Å². The standard InChI is InChI=1S/C63H84N8O22/c1-8-63(84)42-28-45-50-40(29-70(45)58(79)41(42)31-90-61(63)82)51(39-11-9-10-12-43(39)66-50)71(35(4)5)62(83)91-30-37-13-14-44(46(27-37)92-60-54(76)52(74)53(75)55(93-60)59(80)81)67-56(77)36(6)65-57(78)49(34(2)3)68-47(72)32-89-33-48(73)69(38-15-17-64-18-16-38)19-20-86-23-24-88-26-25-87-22-21-85-7/h9-14,27-28,34-36,38,49,52-55,60,64,74-76,84H,8,15-26,29-33H2,1-7H3,(H,65,78)(H,67,77)(H,68,72)(H,80,81)/t36-,49-,52-,53-,54+,55-,60+,63-/m0/s1. The zero-order chi connectivity index (χ0) is 67.3. The first-order valence-corrected chi connectivity index (χ1v) is 31.0. The molecule has 30 nitrogen and oxygen atoms in total. The monoisotopic (exact) mass is 1300 g/mol. The molecule has 30 heteroatoms. The average molecular weight is 1310 g/mol. The van der Waals surface area contributed by atoms with Crippen molar-refractivity contribution in [2.24, 2.45) is 5.92 Å². The molecular weight excluding hydrogens is 1220 g/mol. The highest BCUT2D eigenvalue weighted by atomic mass is 16.7. The van der Waals surface area contributed by atoms with Crippen LogP contribution in [0.2, 0.25) is 0 Å². The lowest BCUT2D eigenvalue weighted by molar-refractivity contribution is -0.271. The Balaban J connectivity index is 0.934. The molecule has 2 aromatic carbocycles. The lowest BCUT2D eigenvalue weighted by Gasteiger charge is -2.38. The summed E-state index contributed by atoms with van der Waals surface area (Å²) in [6.07, 6.45) is -9.80. The van der Waals surface area contributed by atoms with E-state index >= 15 is 0 Å². The molecule has 9 N–H and O–H groups in total. The predicted molar refractivity (Wildman–Crippen MR) is 329 cm³/mol. The number of hydrogen-bond acceptors (Lipinski definition) is 23. The summed E-state index contributed by atoms with van der Waals surface area (Å²) in [5.41, 5.74) is -0.449. The van der Waals surface area contributed by atoms with Crippen LogP contribution in [0.5, 0.6) is 5.75 Å². The topological polar surface area (TPSA) is 393 Å². The molecule has 8 rings (SSSR count). The fraction of sp³-hybridized carbons (Fsp3) is 0.571. The zero-order valence-corrected chi connectivity index (χ0v) is 53.1. The number of methoxy groups -OCH3 is 1. The van der Waals surface area contributed by atoms with Gasteiger partial charge in [-0.3, -0.25) is 28.9 Å². The Morgan fingerprint density at radius 3 is 2.18 bits per heavy atom. The number of carboxylic acid groups (broad SMARTS) is 1. The summed E-state index contributed by atoms with van der Waals surface area (Å²) in [5, 5.41) is 65.1. The number of aromatic nitrogens is 2. The van der Waals surface area contributed by atoms with Crippen molar-refractivity contribution >= 4 is 63.9 Å². The summed E-state index contributed by atoms with van der Waals surface area (Å²) in [6.45, 7) is 12.2. The van der Waals surface area contributed by atoms with Gasteiger partial charge in [-0.15, -0.1) is 0 Å². The zero-order valence-electron chi connectivity index (χ0n) is 53.1. The molecule has 8 atom stereocenters. The van der Waals surface area contributed by atoms with Gasteiger partial charge in [0.25, 0.3) is 5.56 Å². The number of ether oxygens (including phenoxy) is 9. The number of fused-ring (bicyclic) bond motifs is 5. The molecule has 2 aromatic heterocycles. The number of benzene rings is 2. The van der Waals surface area contributed by atoms with E-state index in [1.807, 2.05) is 0 Å². The van der Waals surface area contributed by atoms with Crippen LogP contribution in [0.4, 0.5) is 16.2 Å². The second kappa shape index (κ2) is 32.4. The number of aliphatic carboxylic acids is 1. The van der Waals surface area contributed by atoms with Gasteiger partial charge in [0.1, 0.15) is 62.6 Å². The lowest BCUT2D eigenvalue weighted by atomic mass is 9.86. The molecule has 0 aliphatic carbocycles. The van der Waals surface area contributed by atoms with Crippen molar-refractivity contribution in [3.8, 4) is 17.1 Å². The number of anilines is 2. The number of aliphatic hydroxyl groups excluding tert-OH is 3. The molecule has 0 unspecified atom stereocenters. The Morgan fingerprint density at radius 2 is 1.52 bits per heavy atom. The van der Waals surface area contributed by atoms with Crippen LogP contribution in [0.1, 0.15) is 83.1 Å². The lowest BCUT2D eigenvalue weighted by Crippen LogP contribution is -2.61. The summed E-state index contributed by atoms with van der Waals surface area (Å²) in [5.74, 6) is -6.10. The molecule has 0 radical (unpaired) electrons. The van der Waals surface area contributed by atoms with E-state index < -0.39 is 121 Å². The minimum absolute atomic E-state index is 0.0592. The fourth-order valence-corrected chi connectivity index (χ4v) is 11.3. The van der Waals surface area contributed by atoms with E-state index in [2.05, 4.69) is 21.3 Å². The molecule has 0 spiro atoms. The van der Waals surface area contributed by atoms with Crippen LogP contribution < -0.4 is 36.5 Å². The number of carbonyl (C=O) groups is 7. The number of aliphatic hydroxyl groups is 4. The number of nitrogens with one attached hydrogen (secondary N) is 4. The third-order valence-electron chi connectivity index (χ3n) is 16.4. The Bertz CT molecular complexity index is 3400. The van der Waals surface area contributed by atoms with E-state index in [1.165, 1.54) is 34.6 Å². The average Bonchev–Trinajstić information content (AvgIpc) is 1.61. The molecule has 4 aromatic rings. The number of carboxylic acids is 1. The molecule has 6 heterocycles. The van der Waals surface area contributed by atoms with Gasteiger partial charge < -0.3 is 98.9 Å². The number of hydrogen-bond donors (Lipinski definition) is 9. The van der Waals surface area contributed by atoms with E-state index in [0.29, 0.717) is 86.0 Å². The smallest absolute Gasteiger partial charge is 0.414 e. The van der Waals surface area contributed by atoms with Gasteiger partial charge in [0.05, 0.1) is 86.6 Å². The molecule has 5 amide bonds. The molecule has 0 bridgehead atoms. The van der Waals surface area contributed by atoms with Crippen molar-refractivity contribution in [1.29, 1.82) is 0 Å². The van der Waals surface area contributed by atoms with Crippen LogP contribution in [0.15, 0.2) is 53.3 Å². The number of piperidine rings is 1. The van der Waals surface area contributed by atoms with Crippen molar-refractivity contribution in [1.82, 2.24) is 30.4 Å². The van der Waals surface area contributed by atoms with Crippen LogP contribution in [0.25, 0.3) is 22.3 Å². The first-order valence-electron chi connectivity index (χ1n) is 31.0. The fourth-order valence-electron chi connectivity index (χ4n) is 11.3. The molecule has 2 fully saturated rings. The van der Waals surface area contributed by atoms with Gasteiger partial charge >= 0.3 is 18.0 Å². The van der Waals surface area contributed by atoms with Crippen molar-refractivity contribution in [2.75, 3.05) is 96.4 Å². The summed E-state index contributed by atoms with van der Waals surface area (Å²) in [4.78, 5) is 117. The maximum Gasteiger partial charge on any atom is 0.414 e.